The topological polar surface area (TPSA) is 71.3 Å². The van der Waals surface area contributed by atoms with Crippen molar-refractivity contribution in [1.82, 2.24) is 0 Å². The van der Waals surface area contributed by atoms with Crippen molar-refractivity contribution >= 4 is 33.6 Å². The van der Waals surface area contributed by atoms with Gasteiger partial charge in [0.1, 0.15) is 29.7 Å². The van der Waals surface area contributed by atoms with Gasteiger partial charge < -0.3 is 14.8 Å². The largest absolute Gasteiger partial charge is 0.494 e. The van der Waals surface area contributed by atoms with Crippen LogP contribution in [-0.2, 0) is 11.4 Å². The lowest BCUT2D eigenvalue weighted by Crippen LogP contribution is -2.13. The monoisotopic (exact) mass is 476 g/mol. The Morgan fingerprint density at radius 3 is 2.58 bits per heavy atom. The molecule has 0 saturated heterocycles. The molecule has 3 aromatic carbocycles. The summed E-state index contributed by atoms with van der Waals surface area (Å²) in [5.74, 6) is 0.839. The number of carbonyl (C=O) groups is 1. The van der Waals surface area contributed by atoms with Gasteiger partial charge in [-0.25, -0.2) is 0 Å². The molecule has 0 radical (unpaired) electrons. The Balaban J connectivity index is 1.70. The molecule has 0 aliphatic rings. The summed E-state index contributed by atoms with van der Waals surface area (Å²) in [5.41, 5.74) is 2.32. The zero-order valence-electron chi connectivity index (χ0n) is 17.0. The van der Waals surface area contributed by atoms with Crippen LogP contribution in [-0.4, -0.2) is 12.5 Å². The lowest BCUT2D eigenvalue weighted by Gasteiger charge is -2.09. The summed E-state index contributed by atoms with van der Waals surface area (Å²) in [7, 11) is 0. The number of anilines is 1. The van der Waals surface area contributed by atoms with Crippen molar-refractivity contribution in [3.05, 3.63) is 94.0 Å². The maximum atomic E-state index is 12.5. The summed E-state index contributed by atoms with van der Waals surface area (Å²) in [5, 5.41) is 12.2. The van der Waals surface area contributed by atoms with Gasteiger partial charge in [0.2, 0.25) is 0 Å². The molecule has 0 bridgehead atoms. The van der Waals surface area contributed by atoms with Gasteiger partial charge >= 0.3 is 0 Å². The fourth-order valence-corrected chi connectivity index (χ4v) is 3.31. The molecule has 0 fully saturated rings. The van der Waals surface area contributed by atoms with Crippen LogP contribution in [0.5, 0.6) is 11.5 Å². The lowest BCUT2D eigenvalue weighted by atomic mass is 10.1. The number of halogens is 1. The van der Waals surface area contributed by atoms with E-state index in [9.17, 15) is 10.1 Å². The molecule has 0 spiro atoms. The molecule has 0 heterocycles. The van der Waals surface area contributed by atoms with Crippen molar-refractivity contribution in [1.29, 1.82) is 5.26 Å². The van der Waals surface area contributed by atoms with Gasteiger partial charge in [-0.3, -0.25) is 4.79 Å². The molecule has 3 aromatic rings. The number of ether oxygens (including phenoxy) is 2. The molecule has 0 atom stereocenters. The third-order valence-corrected chi connectivity index (χ3v) is 4.89. The van der Waals surface area contributed by atoms with Crippen LogP contribution in [0.1, 0.15) is 18.1 Å². The smallest absolute Gasteiger partial charge is 0.266 e. The molecule has 0 aliphatic carbocycles. The molecule has 3 rings (SSSR count). The number of nitriles is 1. The fraction of sp³-hybridized carbons (Fsp3) is 0.120. The molecule has 156 valence electrons. The minimum atomic E-state index is -0.489. The maximum Gasteiger partial charge on any atom is 0.266 e. The molecule has 0 saturated carbocycles. The number of carbonyl (C=O) groups excluding carboxylic acids is 1. The summed E-state index contributed by atoms with van der Waals surface area (Å²) in [4.78, 5) is 12.5. The standard InChI is InChI=1S/C25H21BrN2O3/c1-2-30-22-10-6-9-21(15-22)28-25(29)20(16-27)13-19-11-12-24(23(26)14-19)31-17-18-7-4-3-5-8-18/h3-15H,2,17H2,1H3,(H,28,29)/b20-13+. The first kappa shape index (κ1) is 22.1. The van der Waals surface area contributed by atoms with Crippen LogP contribution >= 0.6 is 15.9 Å². The van der Waals surface area contributed by atoms with Crippen LogP contribution in [0.2, 0.25) is 0 Å². The van der Waals surface area contributed by atoms with E-state index in [0.717, 1.165) is 10.0 Å². The molecule has 6 heteroatoms. The number of nitrogens with one attached hydrogen (secondary N) is 1. The molecular formula is C25H21BrN2O3. The van der Waals surface area contributed by atoms with Crippen LogP contribution < -0.4 is 14.8 Å². The molecule has 5 nitrogen and oxygen atoms in total. The Hall–Kier alpha value is -3.56. The second-order valence-electron chi connectivity index (χ2n) is 6.55. The van der Waals surface area contributed by atoms with E-state index >= 15 is 0 Å². The third kappa shape index (κ3) is 6.46. The fourth-order valence-electron chi connectivity index (χ4n) is 2.80. The van der Waals surface area contributed by atoms with Gasteiger partial charge in [-0.15, -0.1) is 0 Å². The quantitative estimate of drug-likeness (QED) is 0.321. The van der Waals surface area contributed by atoms with Gasteiger partial charge in [0.25, 0.3) is 5.91 Å². The van der Waals surface area contributed by atoms with Gasteiger partial charge in [0.15, 0.2) is 0 Å². The molecule has 1 N–H and O–H groups in total. The third-order valence-electron chi connectivity index (χ3n) is 4.27. The minimum absolute atomic E-state index is 0.00772. The van der Waals surface area contributed by atoms with E-state index < -0.39 is 5.91 Å². The molecule has 0 unspecified atom stereocenters. The van der Waals surface area contributed by atoms with E-state index in [2.05, 4.69) is 21.2 Å². The molecule has 31 heavy (non-hydrogen) atoms. The predicted molar refractivity (Wildman–Crippen MR) is 125 cm³/mol. The maximum absolute atomic E-state index is 12.5. The molecular weight excluding hydrogens is 456 g/mol. The van der Waals surface area contributed by atoms with E-state index in [1.165, 1.54) is 6.08 Å². The number of amides is 1. The molecule has 1 amide bonds. The molecule has 0 aromatic heterocycles. The predicted octanol–water partition coefficient (Wildman–Crippen LogP) is 5.97. The molecule has 0 aliphatic heterocycles. The van der Waals surface area contributed by atoms with Gasteiger partial charge in [0, 0.05) is 11.8 Å². The number of hydrogen-bond acceptors (Lipinski definition) is 4. The lowest BCUT2D eigenvalue weighted by molar-refractivity contribution is -0.112. The highest BCUT2D eigenvalue weighted by Crippen LogP contribution is 2.28. The van der Waals surface area contributed by atoms with Crippen LogP contribution in [0.3, 0.4) is 0 Å². The number of rotatable bonds is 8. The normalized spacial score (nSPS) is 10.8. The number of hydrogen-bond donors (Lipinski definition) is 1. The minimum Gasteiger partial charge on any atom is -0.494 e. The van der Waals surface area contributed by atoms with Gasteiger partial charge in [0.05, 0.1) is 11.1 Å². The highest BCUT2D eigenvalue weighted by Gasteiger charge is 2.11. The Morgan fingerprint density at radius 2 is 1.87 bits per heavy atom. The Kier molecular flexibility index (Phi) is 7.85. The average molecular weight is 477 g/mol. The van der Waals surface area contributed by atoms with Crippen molar-refractivity contribution in [3.63, 3.8) is 0 Å². The van der Waals surface area contributed by atoms with E-state index in [-0.39, 0.29) is 5.57 Å². The van der Waals surface area contributed by atoms with Gasteiger partial charge in [-0.2, -0.15) is 5.26 Å². The van der Waals surface area contributed by atoms with Crippen molar-refractivity contribution in [2.24, 2.45) is 0 Å². The average Bonchev–Trinajstić information content (AvgIpc) is 2.78. The first-order valence-corrected chi connectivity index (χ1v) is 10.5. The SMILES string of the molecule is CCOc1cccc(NC(=O)/C(C#N)=C/c2ccc(OCc3ccccc3)c(Br)c2)c1. The van der Waals surface area contributed by atoms with Crippen molar-refractivity contribution in [3.8, 4) is 17.6 Å². The second kappa shape index (κ2) is 11.0. The summed E-state index contributed by atoms with van der Waals surface area (Å²) >= 11 is 3.49. The van der Waals surface area contributed by atoms with E-state index in [1.807, 2.05) is 43.3 Å². The second-order valence-corrected chi connectivity index (χ2v) is 7.40. The van der Waals surface area contributed by atoms with Crippen molar-refractivity contribution in [2.75, 3.05) is 11.9 Å². The van der Waals surface area contributed by atoms with E-state index in [4.69, 9.17) is 9.47 Å². The first-order chi connectivity index (χ1) is 15.1. The summed E-state index contributed by atoms with van der Waals surface area (Å²) < 4.78 is 12.0. The number of nitrogens with zero attached hydrogens (tertiary/aromatic N) is 1. The van der Waals surface area contributed by atoms with Crippen molar-refractivity contribution < 1.29 is 14.3 Å². The van der Waals surface area contributed by atoms with Crippen LogP contribution in [0.25, 0.3) is 6.08 Å². The van der Waals surface area contributed by atoms with Gasteiger partial charge in [-0.1, -0.05) is 42.5 Å². The summed E-state index contributed by atoms with van der Waals surface area (Å²) in [6, 6.07) is 24.3. The van der Waals surface area contributed by atoms with Gasteiger partial charge in [-0.05, 0) is 64.3 Å². The van der Waals surface area contributed by atoms with Crippen molar-refractivity contribution in [2.45, 2.75) is 13.5 Å². The van der Waals surface area contributed by atoms with E-state index in [0.29, 0.717) is 36.0 Å². The Labute approximate surface area is 190 Å². The highest BCUT2D eigenvalue weighted by atomic mass is 79.9. The Morgan fingerprint density at radius 1 is 1.06 bits per heavy atom. The van der Waals surface area contributed by atoms with Crippen LogP contribution in [0.4, 0.5) is 5.69 Å². The van der Waals surface area contributed by atoms with Crippen LogP contribution in [0, 0.1) is 11.3 Å². The zero-order chi connectivity index (χ0) is 22.1. The summed E-state index contributed by atoms with van der Waals surface area (Å²) in [6.45, 7) is 2.86. The van der Waals surface area contributed by atoms with Crippen LogP contribution in [0.15, 0.2) is 82.8 Å². The number of benzene rings is 3. The zero-order valence-corrected chi connectivity index (χ0v) is 18.6. The summed E-state index contributed by atoms with van der Waals surface area (Å²) in [6.07, 6.45) is 1.54. The first-order valence-electron chi connectivity index (χ1n) is 9.71. The van der Waals surface area contributed by atoms with E-state index in [1.54, 1.807) is 42.5 Å². The Bertz CT molecular complexity index is 1120. The highest BCUT2D eigenvalue weighted by molar-refractivity contribution is 9.10.